The molecular weight excluding hydrogens is 270 g/mol. The number of nitrogens with one attached hydrogen (secondary N) is 2. The Morgan fingerprint density at radius 3 is 2.86 bits per heavy atom. The summed E-state index contributed by atoms with van der Waals surface area (Å²) in [5.41, 5.74) is 2.70. The van der Waals surface area contributed by atoms with Gasteiger partial charge in [0.1, 0.15) is 11.8 Å². The third-order valence-corrected chi connectivity index (χ3v) is 3.62. The van der Waals surface area contributed by atoms with Crippen LogP contribution in [0.3, 0.4) is 0 Å². The topological polar surface area (TPSA) is 87.2 Å². The van der Waals surface area contributed by atoms with Crippen LogP contribution in [-0.2, 0) is 11.2 Å². The summed E-state index contributed by atoms with van der Waals surface area (Å²) in [5.74, 6) is -0.0553. The molecule has 0 fully saturated rings. The minimum absolute atomic E-state index is 0.225. The third-order valence-electron chi connectivity index (χ3n) is 3.62. The van der Waals surface area contributed by atoms with Gasteiger partial charge in [-0.25, -0.2) is 4.98 Å². The number of benzene rings is 1. The van der Waals surface area contributed by atoms with E-state index in [2.05, 4.69) is 15.3 Å². The predicted octanol–water partition coefficient (Wildman–Crippen LogP) is 1.50. The van der Waals surface area contributed by atoms with E-state index in [1.54, 1.807) is 6.33 Å². The van der Waals surface area contributed by atoms with Gasteiger partial charge in [0.05, 0.1) is 24.7 Å². The average Bonchev–Trinajstić information content (AvgIpc) is 2.95. The maximum atomic E-state index is 11.3. The number of hydrogen-bond donors (Lipinski definition) is 3. The summed E-state index contributed by atoms with van der Waals surface area (Å²) in [6.07, 6.45) is 2.02. The second-order valence-electron chi connectivity index (χ2n) is 4.96. The molecular formula is C15H17N3O3. The van der Waals surface area contributed by atoms with Gasteiger partial charge in [-0.2, -0.15) is 0 Å². The van der Waals surface area contributed by atoms with Crippen LogP contribution in [0.4, 0.5) is 0 Å². The Bertz CT molecular complexity index is 636. The fourth-order valence-electron chi connectivity index (χ4n) is 2.62. The van der Waals surface area contributed by atoms with Crippen molar-refractivity contribution in [1.82, 2.24) is 15.3 Å². The van der Waals surface area contributed by atoms with Crippen LogP contribution in [-0.4, -0.2) is 33.7 Å². The third kappa shape index (κ3) is 2.62. The van der Waals surface area contributed by atoms with E-state index in [9.17, 15) is 9.90 Å². The van der Waals surface area contributed by atoms with Crippen molar-refractivity contribution in [2.24, 2.45) is 0 Å². The monoisotopic (exact) mass is 287 g/mol. The van der Waals surface area contributed by atoms with Crippen molar-refractivity contribution >= 4 is 5.97 Å². The van der Waals surface area contributed by atoms with Gasteiger partial charge in [0.25, 0.3) is 0 Å². The molecule has 0 unspecified atom stereocenters. The maximum Gasteiger partial charge on any atom is 0.321 e. The molecule has 2 atom stereocenters. The number of H-pyrrole nitrogens is 1. The number of aliphatic carboxylic acids is 1. The van der Waals surface area contributed by atoms with E-state index in [0.717, 1.165) is 22.7 Å². The van der Waals surface area contributed by atoms with Gasteiger partial charge >= 0.3 is 5.97 Å². The van der Waals surface area contributed by atoms with Crippen LogP contribution in [0.5, 0.6) is 5.75 Å². The van der Waals surface area contributed by atoms with Gasteiger partial charge in [0.15, 0.2) is 0 Å². The molecule has 110 valence electrons. The first-order valence-electron chi connectivity index (χ1n) is 6.92. The first-order valence-corrected chi connectivity index (χ1v) is 6.92. The molecule has 21 heavy (non-hydrogen) atoms. The standard InChI is InChI=1S/C15H17N3O3/c1-2-21-10-5-3-9(4-6-10)13-14-11(16-8-17-14)7-12(18-13)15(19)20/h3-6,8,12-13,18H,2,7H2,1H3,(H,16,17)(H,19,20)/t12-,13+/m0/s1. The Hall–Kier alpha value is -2.34. The second kappa shape index (κ2) is 5.57. The van der Waals surface area contributed by atoms with Gasteiger partial charge in [0, 0.05) is 12.1 Å². The molecule has 1 aromatic heterocycles. The Kier molecular flexibility index (Phi) is 3.62. The van der Waals surface area contributed by atoms with Gasteiger partial charge in [-0.3, -0.25) is 10.1 Å². The van der Waals surface area contributed by atoms with Crippen molar-refractivity contribution < 1.29 is 14.6 Å². The minimum atomic E-state index is -0.855. The van der Waals surface area contributed by atoms with E-state index < -0.39 is 12.0 Å². The number of carbonyl (C=O) groups is 1. The normalized spacial score (nSPS) is 20.8. The number of ether oxygens (including phenoxy) is 1. The highest BCUT2D eigenvalue weighted by molar-refractivity contribution is 5.74. The number of aromatic nitrogens is 2. The molecule has 2 heterocycles. The van der Waals surface area contributed by atoms with Gasteiger partial charge in [0.2, 0.25) is 0 Å². The first kappa shape index (κ1) is 13.6. The number of nitrogens with zero attached hydrogens (tertiary/aromatic N) is 1. The fourth-order valence-corrected chi connectivity index (χ4v) is 2.62. The number of hydrogen-bond acceptors (Lipinski definition) is 4. The molecule has 3 N–H and O–H groups in total. The SMILES string of the molecule is CCOc1ccc([C@H]2N[C@H](C(=O)O)Cc3[nH]cnc32)cc1. The van der Waals surface area contributed by atoms with Crippen molar-refractivity contribution in [3.8, 4) is 5.75 Å². The second-order valence-corrected chi connectivity index (χ2v) is 4.96. The van der Waals surface area contributed by atoms with E-state index in [1.165, 1.54) is 0 Å². The van der Waals surface area contributed by atoms with Crippen LogP contribution < -0.4 is 10.1 Å². The van der Waals surface area contributed by atoms with E-state index >= 15 is 0 Å². The van der Waals surface area contributed by atoms with Crippen LogP contribution in [0.15, 0.2) is 30.6 Å². The van der Waals surface area contributed by atoms with Crippen LogP contribution in [0.2, 0.25) is 0 Å². The molecule has 0 amide bonds. The van der Waals surface area contributed by atoms with Gasteiger partial charge < -0.3 is 14.8 Å². The summed E-state index contributed by atoms with van der Waals surface area (Å²) in [6, 6.07) is 6.80. The van der Waals surface area contributed by atoms with Crippen molar-refractivity contribution in [3.63, 3.8) is 0 Å². The highest BCUT2D eigenvalue weighted by Crippen LogP contribution is 2.29. The molecule has 3 rings (SSSR count). The number of fused-ring (bicyclic) bond motifs is 1. The van der Waals surface area contributed by atoms with E-state index in [1.807, 2.05) is 31.2 Å². The number of rotatable bonds is 4. The lowest BCUT2D eigenvalue weighted by molar-refractivity contribution is -0.139. The van der Waals surface area contributed by atoms with Crippen LogP contribution in [0.25, 0.3) is 0 Å². The molecule has 2 aromatic rings. The Labute approximate surface area is 122 Å². The summed E-state index contributed by atoms with van der Waals surface area (Å²) in [4.78, 5) is 18.6. The Morgan fingerprint density at radius 2 is 2.19 bits per heavy atom. The summed E-state index contributed by atoms with van der Waals surface area (Å²) in [6.45, 7) is 2.55. The zero-order chi connectivity index (χ0) is 14.8. The van der Waals surface area contributed by atoms with Crippen molar-refractivity contribution in [1.29, 1.82) is 0 Å². The van der Waals surface area contributed by atoms with E-state index in [-0.39, 0.29) is 6.04 Å². The summed E-state index contributed by atoms with van der Waals surface area (Å²) < 4.78 is 5.43. The molecule has 0 saturated carbocycles. The average molecular weight is 287 g/mol. The molecule has 0 saturated heterocycles. The quantitative estimate of drug-likeness (QED) is 0.793. The lowest BCUT2D eigenvalue weighted by atomic mass is 9.94. The lowest BCUT2D eigenvalue weighted by Gasteiger charge is -2.28. The molecule has 1 aromatic carbocycles. The number of carboxylic acids is 1. The molecule has 1 aliphatic heterocycles. The maximum absolute atomic E-state index is 11.3. The van der Waals surface area contributed by atoms with Crippen LogP contribution >= 0.6 is 0 Å². The van der Waals surface area contributed by atoms with E-state index in [4.69, 9.17) is 4.74 Å². The zero-order valence-electron chi connectivity index (χ0n) is 11.7. The predicted molar refractivity (Wildman–Crippen MR) is 76.3 cm³/mol. The van der Waals surface area contributed by atoms with Crippen molar-refractivity contribution in [2.75, 3.05) is 6.61 Å². The molecule has 0 bridgehead atoms. The fraction of sp³-hybridized carbons (Fsp3) is 0.333. The highest BCUT2D eigenvalue weighted by atomic mass is 16.5. The summed E-state index contributed by atoms with van der Waals surface area (Å²) >= 11 is 0. The number of aromatic amines is 1. The molecule has 0 spiro atoms. The number of carboxylic acid groups (broad SMARTS) is 1. The largest absolute Gasteiger partial charge is 0.494 e. The minimum Gasteiger partial charge on any atom is -0.494 e. The highest BCUT2D eigenvalue weighted by Gasteiger charge is 2.33. The summed E-state index contributed by atoms with van der Waals surface area (Å²) in [7, 11) is 0. The summed E-state index contributed by atoms with van der Waals surface area (Å²) in [5, 5.41) is 12.4. The molecule has 0 aliphatic carbocycles. The lowest BCUT2D eigenvalue weighted by Crippen LogP contribution is -2.45. The Morgan fingerprint density at radius 1 is 1.43 bits per heavy atom. The first-order chi connectivity index (χ1) is 10.2. The smallest absolute Gasteiger partial charge is 0.321 e. The molecule has 1 aliphatic rings. The van der Waals surface area contributed by atoms with Crippen molar-refractivity contribution in [3.05, 3.63) is 47.5 Å². The Balaban J connectivity index is 1.91. The van der Waals surface area contributed by atoms with Crippen molar-refractivity contribution in [2.45, 2.75) is 25.4 Å². The van der Waals surface area contributed by atoms with Crippen LogP contribution in [0.1, 0.15) is 29.9 Å². The molecule has 6 nitrogen and oxygen atoms in total. The van der Waals surface area contributed by atoms with Gasteiger partial charge in [-0.05, 0) is 24.6 Å². The van der Waals surface area contributed by atoms with Gasteiger partial charge in [-0.1, -0.05) is 12.1 Å². The number of imidazole rings is 1. The zero-order valence-corrected chi connectivity index (χ0v) is 11.7. The molecule has 0 radical (unpaired) electrons. The van der Waals surface area contributed by atoms with Gasteiger partial charge in [-0.15, -0.1) is 0 Å². The molecule has 6 heteroatoms. The van der Waals surface area contributed by atoms with E-state index in [0.29, 0.717) is 13.0 Å². The van der Waals surface area contributed by atoms with Crippen LogP contribution in [0, 0.1) is 0 Å².